The van der Waals surface area contributed by atoms with Crippen LogP contribution in [0.1, 0.15) is 44.2 Å². The lowest BCUT2D eigenvalue weighted by Gasteiger charge is -2.24. The van der Waals surface area contributed by atoms with E-state index in [2.05, 4.69) is 25.7 Å². The number of aromatic nitrogens is 4. The molecule has 0 radical (unpaired) electrons. The lowest BCUT2D eigenvalue weighted by atomic mass is 9.94. The van der Waals surface area contributed by atoms with Crippen LogP contribution in [0, 0.1) is 12.8 Å². The van der Waals surface area contributed by atoms with Gasteiger partial charge in [0.2, 0.25) is 0 Å². The van der Waals surface area contributed by atoms with Gasteiger partial charge >= 0.3 is 0 Å². The molecule has 4 heterocycles. The summed E-state index contributed by atoms with van der Waals surface area (Å²) >= 11 is 0. The van der Waals surface area contributed by atoms with Crippen molar-refractivity contribution in [3.8, 4) is 0 Å². The van der Waals surface area contributed by atoms with Crippen molar-refractivity contribution in [3.63, 3.8) is 0 Å². The summed E-state index contributed by atoms with van der Waals surface area (Å²) in [6.45, 7) is 3.57. The number of hydrogen-bond donors (Lipinski definition) is 2. The van der Waals surface area contributed by atoms with Crippen molar-refractivity contribution in [2.45, 2.75) is 32.9 Å². The highest BCUT2D eigenvalue weighted by Gasteiger charge is 2.25. The summed E-state index contributed by atoms with van der Waals surface area (Å²) in [5.41, 5.74) is 3.78. The summed E-state index contributed by atoms with van der Waals surface area (Å²) in [6.07, 6.45) is 6.41. The number of aryl methyl sites for hydroxylation is 2. The Balaban J connectivity index is 1.36. The molecule has 0 bridgehead atoms. The topological polar surface area (TPSA) is 102 Å². The molecule has 8 heteroatoms. The highest BCUT2D eigenvalue weighted by molar-refractivity contribution is 5.95. The third kappa shape index (κ3) is 4.53. The third-order valence-corrected chi connectivity index (χ3v) is 5.28. The highest BCUT2D eigenvalue weighted by atomic mass is 16.2. The predicted molar refractivity (Wildman–Crippen MR) is 111 cm³/mol. The molecule has 0 fully saturated rings. The SMILES string of the molecule is Cc1cccc(CNC(=O)c2cnn3c2C[C@@H](CNC(=O)c2cccnc2)CC3)n1. The zero-order chi connectivity index (χ0) is 20.9. The minimum Gasteiger partial charge on any atom is -0.352 e. The first kappa shape index (κ1) is 19.8. The average Bonchev–Trinajstić information content (AvgIpc) is 3.20. The molecule has 1 aliphatic heterocycles. The molecule has 2 amide bonds. The maximum Gasteiger partial charge on any atom is 0.255 e. The third-order valence-electron chi connectivity index (χ3n) is 5.28. The first-order valence-electron chi connectivity index (χ1n) is 10.0. The number of amides is 2. The fraction of sp³-hybridized carbons (Fsp3) is 0.318. The molecule has 0 aliphatic carbocycles. The van der Waals surface area contributed by atoms with Crippen LogP contribution < -0.4 is 10.6 Å². The number of pyridine rings is 2. The van der Waals surface area contributed by atoms with Crippen molar-refractivity contribution in [2.75, 3.05) is 6.54 Å². The largest absolute Gasteiger partial charge is 0.352 e. The number of nitrogens with one attached hydrogen (secondary N) is 2. The van der Waals surface area contributed by atoms with Crippen molar-refractivity contribution in [1.29, 1.82) is 0 Å². The molecule has 0 saturated heterocycles. The summed E-state index contributed by atoms with van der Waals surface area (Å²) in [5.74, 6) is -0.0368. The van der Waals surface area contributed by atoms with Gasteiger partial charge in [-0.05, 0) is 49.9 Å². The lowest BCUT2D eigenvalue weighted by Crippen LogP contribution is -2.34. The summed E-state index contributed by atoms with van der Waals surface area (Å²) < 4.78 is 1.89. The van der Waals surface area contributed by atoms with Crippen LogP contribution in [0.4, 0.5) is 0 Å². The predicted octanol–water partition coefficient (Wildman–Crippen LogP) is 1.90. The van der Waals surface area contributed by atoms with Crippen molar-refractivity contribution in [3.05, 3.63) is 77.1 Å². The van der Waals surface area contributed by atoms with E-state index in [0.717, 1.165) is 30.0 Å². The molecule has 1 atom stereocenters. The zero-order valence-corrected chi connectivity index (χ0v) is 16.8. The second kappa shape index (κ2) is 8.86. The van der Waals surface area contributed by atoms with Crippen LogP contribution in [0.3, 0.4) is 0 Å². The Morgan fingerprint density at radius 3 is 2.83 bits per heavy atom. The van der Waals surface area contributed by atoms with Gasteiger partial charge in [0.1, 0.15) is 0 Å². The minimum absolute atomic E-state index is 0.134. The maximum atomic E-state index is 12.7. The smallest absolute Gasteiger partial charge is 0.255 e. The number of nitrogens with zero attached hydrogens (tertiary/aromatic N) is 4. The molecule has 0 aromatic carbocycles. The van der Waals surface area contributed by atoms with Gasteiger partial charge in [0, 0.05) is 31.2 Å². The van der Waals surface area contributed by atoms with Crippen molar-refractivity contribution < 1.29 is 9.59 Å². The Bertz CT molecular complexity index is 1050. The summed E-state index contributed by atoms with van der Waals surface area (Å²) in [6, 6.07) is 9.22. The Kier molecular flexibility index (Phi) is 5.83. The Hall–Kier alpha value is -3.55. The van der Waals surface area contributed by atoms with E-state index in [1.165, 1.54) is 0 Å². The fourth-order valence-corrected chi connectivity index (χ4v) is 3.66. The number of fused-ring (bicyclic) bond motifs is 1. The number of hydrogen-bond acceptors (Lipinski definition) is 5. The Labute approximate surface area is 174 Å². The number of carbonyl (C=O) groups excluding carboxylic acids is 2. The van der Waals surface area contributed by atoms with Gasteiger partial charge in [0.25, 0.3) is 11.8 Å². The summed E-state index contributed by atoms with van der Waals surface area (Å²) in [4.78, 5) is 33.4. The monoisotopic (exact) mass is 404 g/mol. The number of carbonyl (C=O) groups is 2. The highest BCUT2D eigenvalue weighted by Crippen LogP contribution is 2.23. The first-order valence-corrected chi connectivity index (χ1v) is 10.0. The van der Waals surface area contributed by atoms with Crippen molar-refractivity contribution in [2.24, 2.45) is 5.92 Å². The molecule has 30 heavy (non-hydrogen) atoms. The molecule has 8 nitrogen and oxygen atoms in total. The summed E-state index contributed by atoms with van der Waals surface area (Å²) in [7, 11) is 0. The molecular weight excluding hydrogens is 380 g/mol. The lowest BCUT2D eigenvalue weighted by molar-refractivity contribution is 0.0933. The summed E-state index contributed by atoms with van der Waals surface area (Å²) in [5, 5.41) is 10.3. The van der Waals surface area contributed by atoms with Crippen LogP contribution in [-0.4, -0.2) is 38.1 Å². The van der Waals surface area contributed by atoms with Crippen LogP contribution >= 0.6 is 0 Å². The van der Waals surface area contributed by atoms with Crippen LogP contribution in [0.25, 0.3) is 0 Å². The van der Waals surface area contributed by atoms with Crippen LogP contribution in [0.2, 0.25) is 0 Å². The van der Waals surface area contributed by atoms with E-state index >= 15 is 0 Å². The second-order valence-corrected chi connectivity index (χ2v) is 7.49. The van der Waals surface area contributed by atoms with E-state index in [-0.39, 0.29) is 17.7 Å². The van der Waals surface area contributed by atoms with E-state index < -0.39 is 0 Å². The molecule has 2 N–H and O–H groups in total. The van der Waals surface area contributed by atoms with Gasteiger partial charge in [-0.1, -0.05) is 6.07 Å². The second-order valence-electron chi connectivity index (χ2n) is 7.49. The molecular formula is C22H24N6O2. The molecule has 0 saturated carbocycles. The zero-order valence-electron chi connectivity index (χ0n) is 16.8. The maximum absolute atomic E-state index is 12.7. The van der Waals surface area contributed by atoms with Gasteiger partial charge in [-0.15, -0.1) is 0 Å². The van der Waals surface area contributed by atoms with Gasteiger partial charge in [-0.25, -0.2) is 0 Å². The first-order chi connectivity index (χ1) is 14.6. The molecule has 154 valence electrons. The average molecular weight is 404 g/mol. The molecule has 0 unspecified atom stereocenters. The Morgan fingerprint density at radius 1 is 1.13 bits per heavy atom. The van der Waals surface area contributed by atoms with Crippen molar-refractivity contribution >= 4 is 11.8 Å². The quantitative estimate of drug-likeness (QED) is 0.653. The van der Waals surface area contributed by atoms with E-state index in [1.54, 1.807) is 30.7 Å². The molecule has 3 aromatic rings. The van der Waals surface area contributed by atoms with Gasteiger partial charge in [0.05, 0.1) is 35.3 Å². The van der Waals surface area contributed by atoms with E-state index in [1.807, 2.05) is 29.8 Å². The fourth-order valence-electron chi connectivity index (χ4n) is 3.66. The molecule has 4 rings (SSSR count). The van der Waals surface area contributed by atoms with Gasteiger partial charge in [0.15, 0.2) is 0 Å². The Morgan fingerprint density at radius 2 is 2.03 bits per heavy atom. The number of rotatable bonds is 6. The molecule has 1 aliphatic rings. The van der Waals surface area contributed by atoms with Gasteiger partial charge < -0.3 is 10.6 Å². The standard InChI is InChI=1S/C22H24N6O2/c1-15-4-2-6-18(27-15)13-25-22(30)19-14-26-28-9-7-16(10-20(19)28)11-24-21(29)17-5-3-8-23-12-17/h2-6,8,12,14,16H,7,9-11,13H2,1H3,(H,24,29)(H,25,30)/t16-/m0/s1. The van der Waals surface area contributed by atoms with Gasteiger partial charge in [-0.3, -0.25) is 24.2 Å². The molecule has 3 aromatic heterocycles. The van der Waals surface area contributed by atoms with Crippen molar-refractivity contribution in [1.82, 2.24) is 30.4 Å². The normalized spacial score (nSPS) is 15.3. The molecule has 0 spiro atoms. The van der Waals surface area contributed by atoms with E-state index in [9.17, 15) is 9.59 Å². The van der Waals surface area contributed by atoms with Crippen LogP contribution in [-0.2, 0) is 19.5 Å². The van der Waals surface area contributed by atoms with E-state index in [4.69, 9.17) is 0 Å². The van der Waals surface area contributed by atoms with Crippen LogP contribution in [0.15, 0.2) is 48.9 Å². The van der Waals surface area contributed by atoms with Crippen LogP contribution in [0.5, 0.6) is 0 Å². The minimum atomic E-state index is -0.153. The van der Waals surface area contributed by atoms with E-state index in [0.29, 0.717) is 30.6 Å². The van der Waals surface area contributed by atoms with Gasteiger partial charge in [-0.2, -0.15) is 5.10 Å².